The standard InChI is InChI=1S/C22H24ClN5O4/c1-2-3-11-26-17-16(24-21(23)25-17)20(31)28(22(26)32)13-8-4-7-12-27-18(29)14-9-5-6-10-15(14)19(27)30/h5-6,9-10H,2-4,7-8,11-13H2,1H3,(H,24,25). The van der Waals surface area contributed by atoms with E-state index in [1.807, 2.05) is 6.92 Å². The zero-order chi connectivity index (χ0) is 22.8. The average molecular weight is 458 g/mol. The minimum atomic E-state index is -0.447. The molecule has 2 amide bonds. The first kappa shape index (κ1) is 22.0. The van der Waals surface area contributed by atoms with Crippen molar-refractivity contribution < 1.29 is 9.59 Å². The van der Waals surface area contributed by atoms with Gasteiger partial charge in [-0.3, -0.25) is 28.4 Å². The highest BCUT2D eigenvalue weighted by atomic mass is 35.5. The molecule has 1 aliphatic rings. The topological polar surface area (TPSA) is 110 Å². The number of imidazole rings is 1. The molecule has 2 aromatic heterocycles. The van der Waals surface area contributed by atoms with E-state index in [4.69, 9.17) is 11.6 Å². The van der Waals surface area contributed by atoms with Crippen LogP contribution in [0.1, 0.15) is 59.7 Å². The lowest BCUT2D eigenvalue weighted by Crippen LogP contribution is -2.40. The SMILES string of the molecule is CCCCn1c(=O)n(CCCCCN2C(=O)c3ccccc3C2=O)c(=O)c2[nH]c(Cl)nc21. The maximum Gasteiger partial charge on any atom is 0.332 e. The molecular weight excluding hydrogens is 434 g/mol. The van der Waals surface area contributed by atoms with Crippen LogP contribution >= 0.6 is 11.6 Å². The molecule has 1 aromatic carbocycles. The van der Waals surface area contributed by atoms with Crippen LogP contribution in [0.2, 0.25) is 5.28 Å². The van der Waals surface area contributed by atoms with Crippen LogP contribution in [-0.4, -0.2) is 42.4 Å². The third-order valence-electron chi connectivity index (χ3n) is 5.71. The molecule has 3 heterocycles. The van der Waals surface area contributed by atoms with Gasteiger partial charge in [0.25, 0.3) is 17.4 Å². The summed E-state index contributed by atoms with van der Waals surface area (Å²) in [5, 5.41) is 0.0699. The fourth-order valence-electron chi connectivity index (χ4n) is 4.01. The van der Waals surface area contributed by atoms with Gasteiger partial charge in [0.15, 0.2) is 11.2 Å². The molecule has 1 N–H and O–H groups in total. The Labute approximate surface area is 188 Å². The van der Waals surface area contributed by atoms with Crippen LogP contribution in [0.15, 0.2) is 33.9 Å². The quantitative estimate of drug-likeness (QED) is 0.302. The van der Waals surface area contributed by atoms with Gasteiger partial charge in [0.05, 0.1) is 11.1 Å². The summed E-state index contributed by atoms with van der Waals surface area (Å²) in [6.07, 6.45) is 3.46. The first-order valence-corrected chi connectivity index (χ1v) is 11.2. The fraction of sp³-hybridized carbons (Fsp3) is 0.409. The third-order valence-corrected chi connectivity index (χ3v) is 5.89. The van der Waals surface area contributed by atoms with Crippen molar-refractivity contribution >= 4 is 34.6 Å². The summed E-state index contributed by atoms with van der Waals surface area (Å²) in [5.41, 5.74) is 0.514. The van der Waals surface area contributed by atoms with Crippen molar-refractivity contribution in [3.8, 4) is 0 Å². The first-order valence-electron chi connectivity index (χ1n) is 10.8. The van der Waals surface area contributed by atoms with E-state index in [0.717, 1.165) is 12.8 Å². The second-order valence-corrected chi connectivity index (χ2v) is 8.20. The Kier molecular flexibility index (Phi) is 6.27. The van der Waals surface area contributed by atoms with Crippen LogP contribution in [0.25, 0.3) is 11.2 Å². The number of hydrogen-bond acceptors (Lipinski definition) is 5. The number of amides is 2. The summed E-state index contributed by atoms with van der Waals surface area (Å²) >= 11 is 5.94. The Morgan fingerprint density at radius 3 is 2.16 bits per heavy atom. The molecule has 0 fully saturated rings. The number of rotatable bonds is 9. The number of aromatic nitrogens is 4. The number of unbranched alkanes of at least 4 members (excludes halogenated alkanes) is 3. The number of imide groups is 1. The molecule has 0 bridgehead atoms. The molecule has 1 aliphatic heterocycles. The second-order valence-electron chi connectivity index (χ2n) is 7.84. The van der Waals surface area contributed by atoms with Gasteiger partial charge in [0, 0.05) is 19.6 Å². The van der Waals surface area contributed by atoms with E-state index >= 15 is 0 Å². The number of aromatic amines is 1. The van der Waals surface area contributed by atoms with Crippen LogP contribution in [0.5, 0.6) is 0 Å². The van der Waals surface area contributed by atoms with Crippen molar-refractivity contribution in [2.75, 3.05) is 6.54 Å². The molecular formula is C22H24ClN5O4. The minimum absolute atomic E-state index is 0.0699. The van der Waals surface area contributed by atoms with Crippen molar-refractivity contribution in [3.05, 3.63) is 61.5 Å². The smallest absolute Gasteiger partial charge is 0.323 e. The molecule has 3 aromatic rings. The maximum absolute atomic E-state index is 12.9. The molecule has 0 unspecified atom stereocenters. The zero-order valence-electron chi connectivity index (χ0n) is 17.8. The number of nitrogens with zero attached hydrogens (tertiary/aromatic N) is 4. The molecule has 0 spiro atoms. The minimum Gasteiger partial charge on any atom is -0.323 e. The molecule has 0 atom stereocenters. The van der Waals surface area contributed by atoms with Gasteiger partial charge >= 0.3 is 5.69 Å². The predicted molar refractivity (Wildman–Crippen MR) is 120 cm³/mol. The number of carbonyl (C=O) groups excluding carboxylic acids is 2. The van der Waals surface area contributed by atoms with Crippen molar-refractivity contribution in [3.63, 3.8) is 0 Å². The van der Waals surface area contributed by atoms with Crippen LogP contribution in [-0.2, 0) is 13.1 Å². The van der Waals surface area contributed by atoms with E-state index in [1.54, 1.807) is 24.3 Å². The molecule has 9 nitrogen and oxygen atoms in total. The van der Waals surface area contributed by atoms with Crippen LogP contribution in [0.3, 0.4) is 0 Å². The molecule has 10 heteroatoms. The van der Waals surface area contributed by atoms with E-state index in [0.29, 0.717) is 43.5 Å². The summed E-state index contributed by atoms with van der Waals surface area (Å²) in [6, 6.07) is 6.79. The van der Waals surface area contributed by atoms with E-state index < -0.39 is 11.2 Å². The molecule has 168 valence electrons. The van der Waals surface area contributed by atoms with Gasteiger partial charge in [-0.1, -0.05) is 25.5 Å². The van der Waals surface area contributed by atoms with Gasteiger partial charge in [-0.25, -0.2) is 4.79 Å². The molecule has 4 rings (SSSR count). The van der Waals surface area contributed by atoms with Crippen molar-refractivity contribution in [1.29, 1.82) is 0 Å². The number of fused-ring (bicyclic) bond motifs is 2. The van der Waals surface area contributed by atoms with E-state index in [-0.39, 0.29) is 34.8 Å². The Balaban J connectivity index is 1.42. The average Bonchev–Trinajstić information content (AvgIpc) is 3.29. The van der Waals surface area contributed by atoms with Gasteiger partial charge < -0.3 is 4.98 Å². The van der Waals surface area contributed by atoms with Gasteiger partial charge in [-0.05, 0) is 49.4 Å². The molecule has 32 heavy (non-hydrogen) atoms. The van der Waals surface area contributed by atoms with E-state index in [9.17, 15) is 19.2 Å². The normalized spacial score (nSPS) is 13.4. The number of benzene rings is 1. The summed E-state index contributed by atoms with van der Waals surface area (Å²) in [5.74, 6) is -0.551. The lowest BCUT2D eigenvalue weighted by Gasteiger charge is -2.14. The Morgan fingerprint density at radius 2 is 1.50 bits per heavy atom. The van der Waals surface area contributed by atoms with Crippen LogP contribution in [0, 0.1) is 0 Å². The van der Waals surface area contributed by atoms with Crippen LogP contribution in [0.4, 0.5) is 0 Å². The zero-order valence-corrected chi connectivity index (χ0v) is 18.5. The van der Waals surface area contributed by atoms with Gasteiger partial charge in [-0.15, -0.1) is 0 Å². The Morgan fingerprint density at radius 1 is 0.875 bits per heavy atom. The fourth-order valence-corrected chi connectivity index (χ4v) is 4.19. The van der Waals surface area contributed by atoms with Gasteiger partial charge in [-0.2, -0.15) is 4.98 Å². The van der Waals surface area contributed by atoms with Crippen molar-refractivity contribution in [2.24, 2.45) is 0 Å². The van der Waals surface area contributed by atoms with Gasteiger partial charge in [0.2, 0.25) is 5.28 Å². The number of carbonyl (C=O) groups is 2. The number of H-pyrrole nitrogens is 1. The van der Waals surface area contributed by atoms with Crippen molar-refractivity contribution in [2.45, 2.75) is 52.1 Å². The highest BCUT2D eigenvalue weighted by molar-refractivity contribution is 6.29. The number of halogens is 1. The molecule has 0 aliphatic carbocycles. The summed E-state index contributed by atoms with van der Waals surface area (Å²) in [6.45, 7) is 3.01. The van der Waals surface area contributed by atoms with E-state index in [2.05, 4.69) is 9.97 Å². The first-order chi connectivity index (χ1) is 15.4. The lowest BCUT2D eigenvalue weighted by molar-refractivity contribution is 0.0651. The summed E-state index contributed by atoms with van der Waals surface area (Å²) in [4.78, 5) is 58.7. The second kappa shape index (κ2) is 9.12. The highest BCUT2D eigenvalue weighted by Crippen LogP contribution is 2.22. The third kappa shape index (κ3) is 3.88. The van der Waals surface area contributed by atoms with E-state index in [1.165, 1.54) is 14.0 Å². The molecule has 0 saturated carbocycles. The van der Waals surface area contributed by atoms with Gasteiger partial charge in [0.1, 0.15) is 0 Å². The Bertz CT molecular complexity index is 1270. The summed E-state index contributed by atoms with van der Waals surface area (Å²) in [7, 11) is 0. The maximum atomic E-state index is 12.9. The number of aryl methyl sites for hydroxylation is 1. The van der Waals surface area contributed by atoms with Crippen LogP contribution < -0.4 is 11.2 Å². The molecule has 0 radical (unpaired) electrons. The molecule has 0 saturated heterocycles. The Hall–Kier alpha value is -3.20. The highest BCUT2D eigenvalue weighted by Gasteiger charge is 2.34. The largest absolute Gasteiger partial charge is 0.332 e. The lowest BCUT2D eigenvalue weighted by atomic mass is 10.1. The monoisotopic (exact) mass is 457 g/mol. The van der Waals surface area contributed by atoms with Crippen molar-refractivity contribution in [1.82, 2.24) is 24.0 Å². The number of hydrogen-bond donors (Lipinski definition) is 1. The summed E-state index contributed by atoms with van der Waals surface area (Å²) < 4.78 is 2.69. The number of nitrogens with one attached hydrogen (secondary N) is 1. The predicted octanol–water partition coefficient (Wildman–Crippen LogP) is 2.81.